The van der Waals surface area contributed by atoms with E-state index in [2.05, 4.69) is 0 Å². The molecular weight excluding hydrogens is 404 g/mol. The van der Waals surface area contributed by atoms with Crippen LogP contribution in [0.1, 0.15) is 11.1 Å². The van der Waals surface area contributed by atoms with Gasteiger partial charge in [-0.2, -0.15) is 0 Å². The first-order valence-corrected chi connectivity index (χ1v) is 7.58. The number of phenolic OH excluding ortho intramolecular Hbond substituents is 2. The monoisotopic (exact) mass is 421 g/mol. The van der Waals surface area contributed by atoms with Crippen LogP contribution >= 0.6 is 0 Å². The number of aliphatic carboxylic acids is 2. The number of carbonyl (C=O) groups excluding carboxylic acids is 2. The Kier molecular flexibility index (Phi) is 10.8. The minimum absolute atomic E-state index is 0. The third-order valence-corrected chi connectivity index (χ3v) is 3.32. The fraction of sp³-hybridized carbons (Fsp3) is 0.222. The minimum atomic E-state index is -1.38. The molecule has 2 aromatic rings. The van der Waals surface area contributed by atoms with Gasteiger partial charge in [0.2, 0.25) is 0 Å². The first kappa shape index (κ1) is 24.4. The molecule has 2 unspecified atom stereocenters. The van der Waals surface area contributed by atoms with Crippen molar-refractivity contribution in [3.63, 3.8) is 0 Å². The molecule has 2 atom stereocenters. The summed E-state index contributed by atoms with van der Waals surface area (Å²) in [5.41, 5.74) is 15.6. The van der Waals surface area contributed by atoms with Gasteiger partial charge < -0.3 is 41.5 Å². The molecule has 1 radical (unpaired) electrons. The molecule has 2 rings (SSSR count). The first-order valence-electron chi connectivity index (χ1n) is 7.58. The van der Waals surface area contributed by atoms with E-state index in [-0.39, 0.29) is 41.4 Å². The summed E-state index contributed by atoms with van der Waals surface area (Å²) in [4.78, 5) is 20.4. The maximum atomic E-state index is 10.2. The molecule has 0 aliphatic heterocycles. The third kappa shape index (κ3) is 9.62. The van der Waals surface area contributed by atoms with Crippen molar-refractivity contribution in [1.82, 2.24) is 0 Å². The van der Waals surface area contributed by atoms with E-state index < -0.39 is 24.0 Å². The molecule has 0 amide bonds. The molecule has 0 aliphatic rings. The average Bonchev–Trinajstić information content (AvgIpc) is 2.59. The van der Waals surface area contributed by atoms with Crippen molar-refractivity contribution in [2.75, 3.05) is 0 Å². The van der Waals surface area contributed by atoms with E-state index in [4.69, 9.17) is 21.7 Å². The van der Waals surface area contributed by atoms with Crippen molar-refractivity contribution in [3.8, 4) is 11.5 Å². The van der Waals surface area contributed by atoms with Gasteiger partial charge in [-0.15, -0.1) is 0 Å². The second kappa shape index (κ2) is 11.9. The van der Waals surface area contributed by atoms with Gasteiger partial charge in [0, 0.05) is 11.9 Å². The van der Waals surface area contributed by atoms with E-state index in [1.807, 2.05) is 0 Å². The third-order valence-electron chi connectivity index (χ3n) is 3.32. The van der Waals surface area contributed by atoms with Crippen molar-refractivity contribution in [1.29, 1.82) is 0 Å². The normalized spacial score (nSPS) is 11.9. The van der Waals surface area contributed by atoms with Crippen molar-refractivity contribution in [2.45, 2.75) is 24.9 Å². The zero-order valence-electron chi connectivity index (χ0n) is 14.0. The first-order chi connectivity index (χ1) is 12.2. The zero-order chi connectivity index (χ0) is 19.7. The molecule has 27 heavy (non-hydrogen) atoms. The smallest absolute Gasteiger partial charge is 0.670 e. The van der Waals surface area contributed by atoms with E-state index in [1.54, 1.807) is 24.3 Å². The maximum Gasteiger partial charge on any atom is 2.00 e. The summed E-state index contributed by atoms with van der Waals surface area (Å²) < 4.78 is 0. The summed E-state index contributed by atoms with van der Waals surface area (Å²) >= 11 is 0. The Balaban J connectivity index is 0.000000483. The van der Waals surface area contributed by atoms with Crippen LogP contribution in [0.3, 0.4) is 0 Å². The second-order valence-electron chi connectivity index (χ2n) is 5.48. The average molecular weight is 422 g/mol. The van der Waals surface area contributed by atoms with Crippen LogP contribution in [0.5, 0.6) is 11.5 Å². The summed E-state index contributed by atoms with van der Waals surface area (Å²) in [5, 5.41) is 38.3. The van der Waals surface area contributed by atoms with E-state index >= 15 is 0 Å². The summed E-state index contributed by atoms with van der Waals surface area (Å²) in [6.07, 6.45) is 0.200. The second-order valence-corrected chi connectivity index (χ2v) is 5.48. The van der Waals surface area contributed by atoms with Gasteiger partial charge in [-0.3, -0.25) is 0 Å². The number of phenols is 2. The summed E-state index contributed by atoms with van der Waals surface area (Å²) in [5.74, 6) is -2.52. The number of nitrogens with one attached hydrogen (secondary N) is 2. The quantitative estimate of drug-likeness (QED) is 0.631. The fourth-order valence-electron chi connectivity index (χ4n) is 1.90. The number of hydrogen-bond acceptors (Lipinski definition) is 6. The van der Waals surface area contributed by atoms with Gasteiger partial charge in [0.15, 0.2) is 0 Å². The molecule has 0 aliphatic carbocycles. The Morgan fingerprint density at radius 2 is 1.00 bits per heavy atom. The predicted molar refractivity (Wildman–Crippen MR) is 89.9 cm³/mol. The molecule has 0 spiro atoms. The topological polar surface area (TPSA) is 168 Å². The van der Waals surface area contributed by atoms with Crippen molar-refractivity contribution < 1.29 is 47.1 Å². The van der Waals surface area contributed by atoms with E-state index in [0.29, 0.717) is 11.1 Å². The van der Waals surface area contributed by atoms with Gasteiger partial charge >= 0.3 is 17.1 Å². The van der Waals surface area contributed by atoms with Gasteiger partial charge in [-0.05, 0) is 48.2 Å². The summed E-state index contributed by atoms with van der Waals surface area (Å²) in [6.45, 7) is 0. The molecule has 149 valence electrons. The molecule has 0 heterocycles. The van der Waals surface area contributed by atoms with Crippen molar-refractivity contribution in [2.24, 2.45) is 0 Å². The number of carboxylic acid groups (broad SMARTS) is 2. The molecule has 2 aromatic carbocycles. The molecule has 0 bridgehead atoms. The summed E-state index contributed by atoms with van der Waals surface area (Å²) in [6, 6.07) is 9.66. The van der Waals surface area contributed by atoms with Gasteiger partial charge in [-0.25, -0.2) is 0 Å². The molecular formula is C18H18CuN2O6-2. The standard InChI is InChI=1S/2C9H10NO3.Cu/c2*10-8(9(12)13)5-6-1-3-7(11)4-2-6;/h2*1-4,8,10-11H,5H2,(H,12,13);/q2*-1;+2/p-2. The molecule has 8 nitrogen and oxygen atoms in total. The van der Waals surface area contributed by atoms with Crippen LogP contribution in [0.2, 0.25) is 0 Å². The number of carboxylic acids is 2. The van der Waals surface area contributed by atoms with Crippen molar-refractivity contribution >= 4 is 11.9 Å². The number of aromatic hydroxyl groups is 2. The van der Waals surface area contributed by atoms with Crippen LogP contribution in [-0.2, 0) is 39.5 Å². The molecule has 0 fully saturated rings. The van der Waals surface area contributed by atoms with Crippen molar-refractivity contribution in [3.05, 3.63) is 71.1 Å². The van der Waals surface area contributed by atoms with E-state index in [1.165, 1.54) is 24.3 Å². The Morgan fingerprint density at radius 1 is 0.741 bits per heavy atom. The van der Waals surface area contributed by atoms with Gasteiger partial charge in [0.05, 0.1) is 0 Å². The Bertz CT molecular complexity index is 658. The molecule has 0 saturated carbocycles. The SMILES string of the molecule is [Cu+2].[NH-]C(Cc1ccc(O)cc1)C(=O)[O-].[NH-]C(Cc1ccc(O)cc1)C(=O)[O-]. The Labute approximate surface area is 166 Å². The summed E-state index contributed by atoms with van der Waals surface area (Å²) in [7, 11) is 0. The number of hydrogen-bond donors (Lipinski definition) is 2. The molecule has 4 N–H and O–H groups in total. The van der Waals surface area contributed by atoms with E-state index in [0.717, 1.165) is 0 Å². The van der Waals surface area contributed by atoms with Crippen LogP contribution in [0, 0.1) is 0 Å². The Hall–Kier alpha value is -2.58. The molecule has 0 saturated heterocycles. The number of benzene rings is 2. The Morgan fingerprint density at radius 3 is 1.22 bits per heavy atom. The predicted octanol–water partition coefficient (Wildman–Crippen LogP) is 0.208. The largest absolute Gasteiger partial charge is 2.00 e. The van der Waals surface area contributed by atoms with Crippen LogP contribution in [0.4, 0.5) is 0 Å². The van der Waals surface area contributed by atoms with Crippen LogP contribution in [0.15, 0.2) is 48.5 Å². The molecule has 0 aromatic heterocycles. The number of carbonyl (C=O) groups is 2. The van der Waals surface area contributed by atoms with Gasteiger partial charge in [0.1, 0.15) is 11.5 Å². The van der Waals surface area contributed by atoms with Crippen LogP contribution in [-0.4, -0.2) is 34.2 Å². The number of rotatable bonds is 6. The minimum Gasteiger partial charge on any atom is -0.670 e. The molecule has 9 heteroatoms. The maximum absolute atomic E-state index is 10.2. The fourth-order valence-corrected chi connectivity index (χ4v) is 1.90. The van der Waals surface area contributed by atoms with Gasteiger partial charge in [0.25, 0.3) is 0 Å². The van der Waals surface area contributed by atoms with Crippen LogP contribution in [0.25, 0.3) is 11.5 Å². The van der Waals surface area contributed by atoms with Crippen LogP contribution < -0.4 is 10.2 Å². The zero-order valence-corrected chi connectivity index (χ0v) is 15.0. The van der Waals surface area contributed by atoms with E-state index in [9.17, 15) is 19.8 Å². The van der Waals surface area contributed by atoms with Gasteiger partial charge in [-0.1, -0.05) is 36.3 Å².